The quantitative estimate of drug-likeness (QED) is 0.786. The van der Waals surface area contributed by atoms with Crippen molar-refractivity contribution >= 4 is 6.08 Å². The minimum absolute atomic E-state index is 0.389. The Morgan fingerprint density at radius 2 is 1.77 bits per heavy atom. The number of aromatic nitrogens is 3. The summed E-state index contributed by atoms with van der Waals surface area (Å²) in [6, 6.07) is 13.6. The zero-order valence-corrected chi connectivity index (χ0v) is 12.1. The van der Waals surface area contributed by atoms with Gasteiger partial charge in [0.05, 0.1) is 12.9 Å². The molecule has 0 unspecified atom stereocenters. The number of hydrogen-bond acceptors (Lipinski definition) is 3. The van der Waals surface area contributed by atoms with Gasteiger partial charge in [0.1, 0.15) is 5.60 Å². The van der Waals surface area contributed by atoms with E-state index in [-0.39, 0.29) is 0 Å². The third-order valence-corrected chi connectivity index (χ3v) is 3.51. The van der Waals surface area contributed by atoms with E-state index in [1.54, 1.807) is 24.9 Å². The molecule has 1 N–H and O–H groups in total. The van der Waals surface area contributed by atoms with E-state index in [1.165, 1.54) is 0 Å². The molecule has 0 saturated heterocycles. The summed E-state index contributed by atoms with van der Waals surface area (Å²) in [5, 5.41) is 11.2. The molecule has 0 spiro atoms. The van der Waals surface area contributed by atoms with Gasteiger partial charge in [-0.1, -0.05) is 36.4 Å². The second-order valence-corrected chi connectivity index (χ2v) is 5.14. The van der Waals surface area contributed by atoms with E-state index in [9.17, 15) is 5.11 Å². The highest BCUT2D eigenvalue weighted by Gasteiger charge is 2.26. The molecular weight excluding hydrogens is 274 g/mol. The van der Waals surface area contributed by atoms with Crippen molar-refractivity contribution in [3.05, 3.63) is 90.8 Å². The Balaban J connectivity index is 1.94. The summed E-state index contributed by atoms with van der Waals surface area (Å²) in [4.78, 5) is 8.05. The standard InChI is InChI=1S/C18H17N3O/c22-18(14-21-13-12-20-15-21,17-7-10-19-11-8-17)9-6-16-4-2-1-3-5-16/h1-13,15,22H,14H2/b9-6-/t18-/m0/s1. The van der Waals surface area contributed by atoms with Crippen LogP contribution in [0.15, 0.2) is 79.7 Å². The Morgan fingerprint density at radius 3 is 2.45 bits per heavy atom. The highest BCUT2D eigenvalue weighted by atomic mass is 16.3. The van der Waals surface area contributed by atoms with Crippen LogP contribution in [0.25, 0.3) is 6.08 Å². The zero-order chi connectivity index (χ0) is 15.3. The SMILES string of the molecule is O[C@@](/C=C\c1ccccc1)(Cn1ccnc1)c1ccncc1. The molecule has 0 aliphatic rings. The van der Waals surface area contributed by atoms with Crippen molar-refractivity contribution in [2.75, 3.05) is 0 Å². The zero-order valence-electron chi connectivity index (χ0n) is 12.1. The lowest BCUT2D eigenvalue weighted by Crippen LogP contribution is -2.28. The number of pyridine rings is 1. The van der Waals surface area contributed by atoms with Crippen molar-refractivity contribution in [1.29, 1.82) is 0 Å². The van der Waals surface area contributed by atoms with Gasteiger partial charge in [0.25, 0.3) is 0 Å². The molecule has 4 heteroatoms. The second-order valence-electron chi connectivity index (χ2n) is 5.14. The first kappa shape index (κ1) is 14.2. The van der Waals surface area contributed by atoms with E-state index >= 15 is 0 Å². The monoisotopic (exact) mass is 291 g/mol. The molecule has 22 heavy (non-hydrogen) atoms. The predicted molar refractivity (Wildman–Crippen MR) is 85.8 cm³/mol. The van der Waals surface area contributed by atoms with Gasteiger partial charge in [0.2, 0.25) is 0 Å². The second kappa shape index (κ2) is 6.37. The highest BCUT2D eigenvalue weighted by Crippen LogP contribution is 2.25. The van der Waals surface area contributed by atoms with E-state index in [0.717, 1.165) is 11.1 Å². The van der Waals surface area contributed by atoms with Crippen LogP contribution in [-0.2, 0) is 12.1 Å². The molecule has 0 fully saturated rings. The van der Waals surface area contributed by atoms with Crippen LogP contribution in [0.1, 0.15) is 11.1 Å². The molecule has 0 radical (unpaired) electrons. The molecule has 2 aromatic heterocycles. The van der Waals surface area contributed by atoms with Crippen molar-refractivity contribution in [3.8, 4) is 0 Å². The van der Waals surface area contributed by atoms with E-state index in [1.807, 2.05) is 65.4 Å². The molecule has 0 amide bonds. The lowest BCUT2D eigenvalue weighted by molar-refractivity contribution is 0.0703. The predicted octanol–water partition coefficient (Wildman–Crippen LogP) is 2.88. The fourth-order valence-corrected chi connectivity index (χ4v) is 2.34. The van der Waals surface area contributed by atoms with Gasteiger partial charge < -0.3 is 9.67 Å². The topological polar surface area (TPSA) is 50.9 Å². The lowest BCUT2D eigenvalue weighted by atomic mass is 9.93. The van der Waals surface area contributed by atoms with E-state index in [0.29, 0.717) is 6.54 Å². The van der Waals surface area contributed by atoms with Gasteiger partial charge in [-0.15, -0.1) is 0 Å². The van der Waals surface area contributed by atoms with Crippen LogP contribution in [0.2, 0.25) is 0 Å². The largest absolute Gasteiger partial charge is 0.379 e. The van der Waals surface area contributed by atoms with Crippen LogP contribution in [0.5, 0.6) is 0 Å². The maximum absolute atomic E-state index is 11.2. The molecule has 110 valence electrons. The summed E-state index contributed by atoms with van der Waals surface area (Å²) in [5.74, 6) is 0. The van der Waals surface area contributed by atoms with Crippen molar-refractivity contribution in [2.24, 2.45) is 0 Å². The number of rotatable bonds is 5. The fourth-order valence-electron chi connectivity index (χ4n) is 2.34. The van der Waals surface area contributed by atoms with Crippen molar-refractivity contribution in [3.63, 3.8) is 0 Å². The number of nitrogens with zero attached hydrogens (tertiary/aromatic N) is 3. The molecule has 2 heterocycles. The minimum atomic E-state index is -1.13. The molecule has 4 nitrogen and oxygen atoms in total. The van der Waals surface area contributed by atoms with Crippen molar-refractivity contribution in [2.45, 2.75) is 12.1 Å². The lowest BCUT2D eigenvalue weighted by Gasteiger charge is -2.25. The highest BCUT2D eigenvalue weighted by molar-refractivity contribution is 5.51. The van der Waals surface area contributed by atoms with Gasteiger partial charge in [-0.3, -0.25) is 4.98 Å². The number of benzene rings is 1. The third kappa shape index (κ3) is 3.30. The molecule has 3 aromatic rings. The average molecular weight is 291 g/mol. The Labute approximate surface area is 129 Å². The molecule has 0 saturated carbocycles. The summed E-state index contributed by atoms with van der Waals surface area (Å²) in [6.45, 7) is 0.389. The summed E-state index contributed by atoms with van der Waals surface area (Å²) in [7, 11) is 0. The van der Waals surface area contributed by atoms with Crippen LogP contribution < -0.4 is 0 Å². The van der Waals surface area contributed by atoms with E-state index in [4.69, 9.17) is 0 Å². The number of imidazole rings is 1. The maximum atomic E-state index is 11.2. The van der Waals surface area contributed by atoms with Gasteiger partial charge >= 0.3 is 0 Å². The summed E-state index contributed by atoms with van der Waals surface area (Å²) >= 11 is 0. The first-order valence-electron chi connectivity index (χ1n) is 7.09. The molecule has 3 rings (SSSR count). The van der Waals surface area contributed by atoms with Gasteiger partial charge in [-0.05, 0) is 29.3 Å². The summed E-state index contributed by atoms with van der Waals surface area (Å²) in [6.07, 6.45) is 12.4. The molecule has 0 aliphatic heterocycles. The van der Waals surface area contributed by atoms with E-state index < -0.39 is 5.60 Å². The van der Waals surface area contributed by atoms with Crippen LogP contribution in [-0.4, -0.2) is 19.6 Å². The van der Waals surface area contributed by atoms with Crippen molar-refractivity contribution in [1.82, 2.24) is 14.5 Å². The first-order valence-corrected chi connectivity index (χ1v) is 7.09. The minimum Gasteiger partial charge on any atom is -0.379 e. The molecular formula is C18H17N3O. The normalized spacial score (nSPS) is 14.0. The Bertz CT molecular complexity index is 724. The van der Waals surface area contributed by atoms with Crippen LogP contribution in [0.3, 0.4) is 0 Å². The first-order chi connectivity index (χ1) is 10.8. The fraction of sp³-hybridized carbons (Fsp3) is 0.111. The number of hydrogen-bond donors (Lipinski definition) is 1. The average Bonchev–Trinajstić information content (AvgIpc) is 3.08. The summed E-state index contributed by atoms with van der Waals surface area (Å²) < 4.78 is 1.86. The van der Waals surface area contributed by atoms with E-state index in [2.05, 4.69) is 9.97 Å². The molecule has 1 aromatic carbocycles. The Morgan fingerprint density at radius 1 is 1.00 bits per heavy atom. The van der Waals surface area contributed by atoms with Crippen LogP contribution >= 0.6 is 0 Å². The van der Waals surface area contributed by atoms with Crippen molar-refractivity contribution < 1.29 is 5.11 Å². The Hall–Kier alpha value is -2.72. The Kier molecular flexibility index (Phi) is 4.12. The molecule has 0 aliphatic carbocycles. The smallest absolute Gasteiger partial charge is 0.126 e. The third-order valence-electron chi connectivity index (χ3n) is 3.51. The van der Waals surface area contributed by atoms with Gasteiger partial charge in [0, 0.05) is 24.8 Å². The van der Waals surface area contributed by atoms with Crippen LogP contribution in [0.4, 0.5) is 0 Å². The van der Waals surface area contributed by atoms with Gasteiger partial charge in [-0.25, -0.2) is 4.98 Å². The van der Waals surface area contributed by atoms with Crippen LogP contribution in [0, 0.1) is 0 Å². The van der Waals surface area contributed by atoms with Gasteiger partial charge in [0.15, 0.2) is 0 Å². The summed E-state index contributed by atoms with van der Waals surface area (Å²) in [5.41, 5.74) is 0.712. The van der Waals surface area contributed by atoms with Gasteiger partial charge in [-0.2, -0.15) is 0 Å². The molecule has 1 atom stereocenters. The maximum Gasteiger partial charge on any atom is 0.126 e. The molecule has 0 bridgehead atoms. The number of aliphatic hydroxyl groups is 1.